The van der Waals surface area contributed by atoms with Crippen LogP contribution < -0.4 is 0 Å². The van der Waals surface area contributed by atoms with Gasteiger partial charge in [-0.3, -0.25) is 0 Å². The minimum absolute atomic E-state index is 0.836. The van der Waals surface area contributed by atoms with Gasteiger partial charge in [0.25, 0.3) is 0 Å². The molecule has 94 valence electrons. The number of halogens is 6. The minimum atomic E-state index is -3.02. The molecule has 0 heterocycles. The summed E-state index contributed by atoms with van der Waals surface area (Å²) < 4.78 is 3.42. The van der Waals surface area contributed by atoms with Crippen LogP contribution in [0.3, 0.4) is 0 Å². The number of hydrogen-bond acceptors (Lipinski definition) is 1. The Labute approximate surface area is 120 Å². The molecule has 0 aromatic rings. The molecular formula is C6H13Cl6NP2. The Morgan fingerprint density at radius 3 is 1.53 bits per heavy atom. The molecule has 0 unspecified atom stereocenters. The molecule has 0 amide bonds. The van der Waals surface area contributed by atoms with Gasteiger partial charge < -0.3 is 0 Å². The first-order valence-corrected chi connectivity index (χ1v) is 13.0. The molecule has 0 rings (SSSR count). The van der Waals surface area contributed by atoms with Gasteiger partial charge in [-0.2, -0.15) is 0 Å². The van der Waals surface area contributed by atoms with E-state index in [1.165, 1.54) is 0 Å². The second kappa shape index (κ2) is 5.18. The Hall–Kier alpha value is 2.40. The van der Waals surface area contributed by atoms with Crippen molar-refractivity contribution in [3.8, 4) is 0 Å². The van der Waals surface area contributed by atoms with E-state index in [0.29, 0.717) is 0 Å². The van der Waals surface area contributed by atoms with Crippen LogP contribution in [0.15, 0.2) is 4.74 Å². The molecule has 0 bridgehead atoms. The molecule has 0 fully saturated rings. The van der Waals surface area contributed by atoms with Crippen LogP contribution in [0.25, 0.3) is 0 Å². The summed E-state index contributed by atoms with van der Waals surface area (Å²) in [4.78, 5) is 0. The Morgan fingerprint density at radius 1 is 1.00 bits per heavy atom. The summed E-state index contributed by atoms with van der Waals surface area (Å²) in [5.74, 6) is -2.73. The van der Waals surface area contributed by atoms with Gasteiger partial charge in [-0.25, -0.2) is 0 Å². The zero-order valence-electron chi connectivity index (χ0n) is 8.66. The van der Waals surface area contributed by atoms with Gasteiger partial charge in [-0.1, -0.05) is 0 Å². The van der Waals surface area contributed by atoms with E-state index in [9.17, 15) is 0 Å². The van der Waals surface area contributed by atoms with E-state index in [1.807, 2.05) is 0 Å². The van der Waals surface area contributed by atoms with E-state index in [1.54, 1.807) is 27.7 Å². The summed E-state index contributed by atoms with van der Waals surface area (Å²) in [5.41, 5.74) is 0. The Bertz CT molecular complexity index is 283. The zero-order chi connectivity index (χ0) is 12.7. The second-order valence-electron chi connectivity index (χ2n) is 4.05. The van der Waals surface area contributed by atoms with Crippen LogP contribution in [0.4, 0.5) is 0 Å². The molecule has 0 aliphatic rings. The van der Waals surface area contributed by atoms with Crippen LogP contribution in [0.2, 0.25) is 0 Å². The van der Waals surface area contributed by atoms with Crippen molar-refractivity contribution in [3.05, 3.63) is 0 Å². The SMILES string of the molecule is CC(C)(Cl)P(Cl)(Cl)=NC(C)(C)[PH](Cl)(Cl)Cl. The van der Waals surface area contributed by atoms with Crippen LogP contribution >= 0.6 is 78.9 Å². The van der Waals surface area contributed by atoms with Crippen molar-refractivity contribution >= 4 is 78.9 Å². The van der Waals surface area contributed by atoms with Crippen molar-refractivity contribution < 1.29 is 0 Å². The molecule has 0 saturated heterocycles. The van der Waals surface area contributed by atoms with Crippen molar-refractivity contribution in [1.29, 1.82) is 0 Å². The number of alkyl halides is 1. The van der Waals surface area contributed by atoms with Gasteiger partial charge in [0.1, 0.15) is 0 Å². The third-order valence-electron chi connectivity index (χ3n) is 1.71. The van der Waals surface area contributed by atoms with Gasteiger partial charge in [-0.05, 0) is 0 Å². The molecule has 0 radical (unpaired) electrons. The predicted molar refractivity (Wildman–Crippen MR) is 80.9 cm³/mol. The molecule has 0 atom stereocenters. The fraction of sp³-hybridized carbons (Fsp3) is 1.00. The first-order chi connectivity index (χ1) is 6.21. The van der Waals surface area contributed by atoms with Crippen molar-refractivity contribution in [3.63, 3.8) is 0 Å². The van der Waals surface area contributed by atoms with Crippen molar-refractivity contribution in [2.75, 3.05) is 0 Å². The maximum atomic E-state index is 6.13. The summed E-state index contributed by atoms with van der Waals surface area (Å²) in [6.07, 6.45) is 0. The van der Waals surface area contributed by atoms with Crippen LogP contribution in [-0.4, -0.2) is 9.90 Å². The second-order valence-corrected chi connectivity index (χ2v) is 20.1. The maximum absolute atomic E-state index is 6.13. The standard InChI is InChI=1S/C6H13Cl6NP2/c1-5(2,7)15(11,12)13-6(3,4)14(8,9)10/h14H,1-4H3. The van der Waals surface area contributed by atoms with Gasteiger partial charge in [-0.15, -0.1) is 0 Å². The van der Waals surface area contributed by atoms with E-state index in [-0.39, 0.29) is 0 Å². The first kappa shape index (κ1) is 17.4. The molecule has 0 spiro atoms. The van der Waals surface area contributed by atoms with E-state index in [0.717, 1.165) is 0 Å². The molecular weight excluding hydrogens is 361 g/mol. The average Bonchev–Trinajstić information content (AvgIpc) is 1.77. The monoisotopic (exact) mass is 371 g/mol. The summed E-state index contributed by atoms with van der Waals surface area (Å²) in [7, 11) is 0. The van der Waals surface area contributed by atoms with Crippen LogP contribution in [0, 0.1) is 0 Å². The first-order valence-electron chi connectivity index (χ1n) is 3.99. The fourth-order valence-electron chi connectivity index (χ4n) is 0.490. The summed E-state index contributed by atoms with van der Waals surface area (Å²) >= 11 is 36.1. The Morgan fingerprint density at radius 2 is 1.33 bits per heavy atom. The van der Waals surface area contributed by atoms with Gasteiger partial charge >= 0.3 is 121 Å². The average molecular weight is 374 g/mol. The molecule has 0 aromatic carbocycles. The van der Waals surface area contributed by atoms with Crippen molar-refractivity contribution in [2.45, 2.75) is 37.6 Å². The fourth-order valence-corrected chi connectivity index (χ4v) is 4.91. The molecule has 0 aliphatic heterocycles. The number of nitrogens with zero attached hydrogens (tertiary/aromatic N) is 1. The summed E-state index contributed by atoms with van der Waals surface area (Å²) in [6.45, 7) is 6.80. The molecule has 15 heavy (non-hydrogen) atoms. The molecule has 1 nitrogen and oxygen atoms in total. The van der Waals surface area contributed by atoms with E-state index < -0.39 is 21.0 Å². The van der Waals surface area contributed by atoms with Gasteiger partial charge in [0.15, 0.2) is 0 Å². The van der Waals surface area contributed by atoms with Gasteiger partial charge in [0.2, 0.25) is 0 Å². The topological polar surface area (TPSA) is 12.4 Å². The molecule has 0 aliphatic carbocycles. The van der Waals surface area contributed by atoms with E-state index in [4.69, 9.17) is 67.8 Å². The number of hydrogen-bond donors (Lipinski definition) is 0. The molecule has 0 aromatic heterocycles. The third kappa shape index (κ3) is 4.88. The zero-order valence-corrected chi connectivity index (χ0v) is 15.1. The normalized spacial score (nSPS) is 16.4. The molecule has 0 saturated carbocycles. The van der Waals surface area contributed by atoms with Crippen molar-refractivity contribution in [1.82, 2.24) is 0 Å². The molecule has 9 heteroatoms. The quantitative estimate of drug-likeness (QED) is 0.360. The summed E-state index contributed by atoms with van der Waals surface area (Å²) in [6, 6.07) is 0. The molecule has 0 N–H and O–H groups in total. The van der Waals surface area contributed by atoms with E-state index >= 15 is 0 Å². The Balaban J connectivity index is 5.41. The van der Waals surface area contributed by atoms with Crippen LogP contribution in [0.5, 0.6) is 0 Å². The number of rotatable bonds is 3. The van der Waals surface area contributed by atoms with E-state index in [2.05, 4.69) is 4.74 Å². The van der Waals surface area contributed by atoms with Crippen LogP contribution in [0.1, 0.15) is 27.7 Å². The predicted octanol–water partition coefficient (Wildman–Crippen LogP) is 7.42. The van der Waals surface area contributed by atoms with Crippen molar-refractivity contribution in [2.24, 2.45) is 4.74 Å². The van der Waals surface area contributed by atoms with Gasteiger partial charge in [0.05, 0.1) is 0 Å². The van der Waals surface area contributed by atoms with Crippen LogP contribution in [-0.2, 0) is 0 Å². The van der Waals surface area contributed by atoms with Gasteiger partial charge in [0, 0.05) is 0 Å². The summed E-state index contributed by atoms with van der Waals surface area (Å²) in [5, 5.41) is -3.88. The third-order valence-corrected chi connectivity index (χ3v) is 13.8. The Kier molecular flexibility index (Phi) is 6.01.